The minimum Gasteiger partial charge on any atom is -0.481 e. The normalized spacial score (nSPS) is 16.0. The largest absolute Gasteiger partial charge is 0.481 e. The van der Waals surface area contributed by atoms with E-state index < -0.39 is 17.8 Å². The summed E-state index contributed by atoms with van der Waals surface area (Å²) in [5.41, 5.74) is 0.474. The second-order valence-corrected chi connectivity index (χ2v) is 6.39. The van der Waals surface area contributed by atoms with Crippen molar-refractivity contribution in [3.63, 3.8) is 0 Å². The zero-order valence-electron chi connectivity index (χ0n) is 13.8. The fraction of sp³-hybridized carbons (Fsp3) is 0.111. The molecule has 7 nitrogen and oxygen atoms in total. The van der Waals surface area contributed by atoms with Crippen molar-refractivity contribution in [2.45, 2.75) is 6.42 Å². The molecule has 1 aromatic carbocycles. The van der Waals surface area contributed by atoms with Crippen LogP contribution in [0, 0.1) is 0 Å². The molecule has 138 valence electrons. The Hall–Kier alpha value is -2.97. The van der Waals surface area contributed by atoms with Gasteiger partial charge in [0.05, 0.1) is 11.4 Å². The molecule has 0 radical (unpaired) electrons. The monoisotopic (exact) mass is 404 g/mol. The first kappa shape index (κ1) is 18.8. The predicted molar refractivity (Wildman–Crippen MR) is 102 cm³/mol. The van der Waals surface area contributed by atoms with Crippen molar-refractivity contribution in [2.75, 3.05) is 6.54 Å². The van der Waals surface area contributed by atoms with Crippen LogP contribution in [0.4, 0.5) is 0 Å². The van der Waals surface area contributed by atoms with Crippen LogP contribution in [0.15, 0.2) is 46.4 Å². The van der Waals surface area contributed by atoms with Gasteiger partial charge in [0, 0.05) is 12.1 Å². The van der Waals surface area contributed by atoms with Gasteiger partial charge in [-0.25, -0.2) is 0 Å². The Morgan fingerprint density at radius 2 is 2.00 bits per heavy atom. The van der Waals surface area contributed by atoms with E-state index in [0.717, 1.165) is 4.90 Å². The topological polar surface area (TPSA) is 99.8 Å². The Morgan fingerprint density at radius 3 is 2.70 bits per heavy atom. The first-order chi connectivity index (χ1) is 12.9. The standard InChI is InChI=1S/C18H13ClN2O5S/c19-13-4-2-1-3-11(13)14-6-5-10(26-14)9-12-16(24)20-18(27)21(17(12)25)8-7-15(22)23/h1-6,9H,7-8H2,(H,22,23)(H,20,24,27)/b12-9+. The maximum atomic E-state index is 12.5. The Bertz CT molecular complexity index is 982. The summed E-state index contributed by atoms with van der Waals surface area (Å²) in [6.07, 6.45) is 0.986. The Labute approximate surface area is 164 Å². The van der Waals surface area contributed by atoms with E-state index in [1.165, 1.54) is 6.08 Å². The van der Waals surface area contributed by atoms with Crippen LogP contribution in [0.2, 0.25) is 5.02 Å². The van der Waals surface area contributed by atoms with E-state index in [2.05, 4.69) is 5.32 Å². The van der Waals surface area contributed by atoms with E-state index in [0.29, 0.717) is 16.3 Å². The number of hydrogen-bond donors (Lipinski definition) is 2. The number of carboxylic acid groups (broad SMARTS) is 1. The number of furan rings is 1. The minimum absolute atomic E-state index is 0.125. The third-order valence-corrected chi connectivity index (χ3v) is 4.44. The number of aliphatic carboxylic acids is 1. The number of hydrogen-bond acceptors (Lipinski definition) is 5. The van der Waals surface area contributed by atoms with Gasteiger partial charge in [0.1, 0.15) is 17.1 Å². The number of carbonyl (C=O) groups excluding carboxylic acids is 2. The third kappa shape index (κ3) is 4.07. The van der Waals surface area contributed by atoms with Crippen molar-refractivity contribution >= 4 is 52.8 Å². The molecule has 9 heteroatoms. The van der Waals surface area contributed by atoms with Crippen molar-refractivity contribution in [3.05, 3.63) is 52.8 Å². The zero-order valence-corrected chi connectivity index (χ0v) is 15.3. The molecule has 0 aliphatic carbocycles. The van der Waals surface area contributed by atoms with E-state index in [1.807, 2.05) is 0 Å². The molecule has 3 rings (SSSR count). The van der Waals surface area contributed by atoms with Gasteiger partial charge in [-0.2, -0.15) is 0 Å². The Morgan fingerprint density at radius 1 is 1.26 bits per heavy atom. The summed E-state index contributed by atoms with van der Waals surface area (Å²) in [6, 6.07) is 10.4. The zero-order chi connectivity index (χ0) is 19.6. The minimum atomic E-state index is -1.08. The molecule has 1 aromatic heterocycles. The molecular weight excluding hydrogens is 392 g/mol. The number of nitrogens with zero attached hydrogens (tertiary/aromatic N) is 1. The van der Waals surface area contributed by atoms with Crippen LogP contribution in [0.5, 0.6) is 0 Å². The summed E-state index contributed by atoms with van der Waals surface area (Å²) < 4.78 is 5.67. The van der Waals surface area contributed by atoms with Crippen molar-refractivity contribution in [1.29, 1.82) is 0 Å². The fourth-order valence-electron chi connectivity index (χ4n) is 2.48. The van der Waals surface area contributed by atoms with Crippen LogP contribution >= 0.6 is 23.8 Å². The molecule has 27 heavy (non-hydrogen) atoms. The van der Waals surface area contributed by atoms with Gasteiger partial charge in [0.25, 0.3) is 11.8 Å². The molecule has 0 unspecified atom stereocenters. The lowest BCUT2D eigenvalue weighted by molar-refractivity contribution is -0.137. The van der Waals surface area contributed by atoms with Crippen LogP contribution in [0.3, 0.4) is 0 Å². The number of nitrogens with one attached hydrogen (secondary N) is 1. The van der Waals surface area contributed by atoms with Crippen LogP contribution in [0.25, 0.3) is 17.4 Å². The lowest BCUT2D eigenvalue weighted by Crippen LogP contribution is -2.54. The van der Waals surface area contributed by atoms with Gasteiger partial charge in [-0.1, -0.05) is 23.7 Å². The van der Waals surface area contributed by atoms with E-state index in [9.17, 15) is 14.4 Å². The summed E-state index contributed by atoms with van der Waals surface area (Å²) in [6.45, 7) is -0.145. The van der Waals surface area contributed by atoms with Gasteiger partial charge >= 0.3 is 5.97 Å². The maximum Gasteiger partial charge on any atom is 0.305 e. The summed E-state index contributed by atoms with van der Waals surface area (Å²) >= 11 is 11.1. The molecule has 2 N–H and O–H groups in total. The number of carbonyl (C=O) groups is 3. The van der Waals surface area contributed by atoms with Crippen molar-refractivity contribution in [1.82, 2.24) is 10.2 Å². The van der Waals surface area contributed by atoms with E-state index in [1.54, 1.807) is 36.4 Å². The second-order valence-electron chi connectivity index (χ2n) is 5.60. The van der Waals surface area contributed by atoms with Crippen LogP contribution in [0.1, 0.15) is 12.2 Å². The first-order valence-corrected chi connectivity index (χ1v) is 8.61. The molecular formula is C18H13ClN2O5S. The lowest BCUT2D eigenvalue weighted by Gasteiger charge is -2.28. The molecule has 0 atom stereocenters. The van der Waals surface area contributed by atoms with Crippen molar-refractivity contribution < 1.29 is 23.9 Å². The van der Waals surface area contributed by atoms with Gasteiger partial charge in [0.2, 0.25) is 0 Å². The highest BCUT2D eigenvalue weighted by molar-refractivity contribution is 7.80. The predicted octanol–water partition coefficient (Wildman–Crippen LogP) is 2.70. The summed E-state index contributed by atoms with van der Waals surface area (Å²) in [7, 11) is 0. The van der Waals surface area contributed by atoms with Crippen molar-refractivity contribution in [2.24, 2.45) is 0 Å². The summed E-state index contributed by atoms with van der Waals surface area (Å²) in [5, 5.41) is 11.5. The number of benzene rings is 1. The van der Waals surface area contributed by atoms with Gasteiger partial charge in [0.15, 0.2) is 5.11 Å². The van der Waals surface area contributed by atoms with Crippen LogP contribution in [-0.2, 0) is 14.4 Å². The fourth-order valence-corrected chi connectivity index (χ4v) is 2.98. The smallest absolute Gasteiger partial charge is 0.305 e. The molecule has 0 saturated carbocycles. The molecule has 2 heterocycles. The average Bonchev–Trinajstić information content (AvgIpc) is 3.07. The summed E-state index contributed by atoms with van der Waals surface area (Å²) in [5.74, 6) is -1.68. The van der Waals surface area contributed by atoms with E-state index in [4.69, 9.17) is 33.3 Å². The number of halogens is 1. The van der Waals surface area contributed by atoms with Gasteiger partial charge in [-0.3, -0.25) is 24.6 Å². The van der Waals surface area contributed by atoms with E-state index in [-0.39, 0.29) is 29.4 Å². The van der Waals surface area contributed by atoms with Gasteiger partial charge in [-0.15, -0.1) is 0 Å². The molecule has 1 fully saturated rings. The highest BCUT2D eigenvalue weighted by atomic mass is 35.5. The molecule has 1 saturated heterocycles. The first-order valence-electron chi connectivity index (χ1n) is 7.82. The molecule has 2 amide bonds. The molecule has 1 aliphatic heterocycles. The number of carboxylic acids is 1. The Kier molecular flexibility index (Phi) is 5.38. The lowest BCUT2D eigenvalue weighted by atomic mass is 10.1. The number of thiocarbonyl (C=S) groups is 1. The van der Waals surface area contributed by atoms with Gasteiger partial charge < -0.3 is 9.52 Å². The molecule has 2 aromatic rings. The summed E-state index contributed by atoms with van der Waals surface area (Å²) in [4.78, 5) is 36.5. The highest BCUT2D eigenvalue weighted by Crippen LogP contribution is 2.30. The quantitative estimate of drug-likeness (QED) is 0.451. The van der Waals surface area contributed by atoms with Gasteiger partial charge in [-0.05, 0) is 42.6 Å². The highest BCUT2D eigenvalue weighted by Gasteiger charge is 2.33. The molecule has 0 bridgehead atoms. The molecule has 0 spiro atoms. The number of amides is 2. The molecule has 1 aliphatic rings. The number of rotatable bonds is 5. The average molecular weight is 405 g/mol. The van der Waals surface area contributed by atoms with E-state index >= 15 is 0 Å². The SMILES string of the molecule is O=C(O)CCN1C(=O)/C(=C/c2ccc(-c3ccccc3Cl)o2)C(=O)NC1=S. The maximum absolute atomic E-state index is 12.5. The van der Waals surface area contributed by atoms with Crippen molar-refractivity contribution in [3.8, 4) is 11.3 Å². The third-order valence-electron chi connectivity index (χ3n) is 3.79. The Balaban J connectivity index is 1.88. The van der Waals surface area contributed by atoms with Crippen LogP contribution < -0.4 is 5.32 Å². The second kappa shape index (κ2) is 7.73. The van der Waals surface area contributed by atoms with Crippen LogP contribution in [-0.4, -0.2) is 39.4 Å².